The van der Waals surface area contributed by atoms with E-state index >= 15 is 0 Å². The van der Waals surface area contributed by atoms with Crippen LogP contribution in [0.15, 0.2) is 52.9 Å². The van der Waals surface area contributed by atoms with Crippen molar-refractivity contribution in [2.24, 2.45) is 0 Å². The maximum absolute atomic E-state index is 10.8. The van der Waals surface area contributed by atoms with E-state index in [2.05, 4.69) is 4.98 Å². The number of aliphatic carboxylic acids is 1. The van der Waals surface area contributed by atoms with Crippen molar-refractivity contribution in [1.29, 1.82) is 0 Å². The monoisotopic (exact) mass is 378 g/mol. The molecule has 1 aliphatic rings. The summed E-state index contributed by atoms with van der Waals surface area (Å²) in [6, 6.07) is 15.9. The van der Waals surface area contributed by atoms with Crippen molar-refractivity contribution in [3.63, 3.8) is 0 Å². The van der Waals surface area contributed by atoms with Crippen molar-refractivity contribution in [1.82, 2.24) is 10.0 Å². The number of carboxylic acid groups (broad SMARTS) is 1. The quantitative estimate of drug-likeness (QED) is 0.625. The van der Waals surface area contributed by atoms with Gasteiger partial charge in [0.2, 0.25) is 5.89 Å². The molecule has 6 heteroatoms. The Morgan fingerprint density at radius 2 is 1.89 bits per heavy atom. The molecule has 28 heavy (non-hydrogen) atoms. The summed E-state index contributed by atoms with van der Waals surface area (Å²) < 4.78 is 5.79. The van der Waals surface area contributed by atoms with Crippen LogP contribution >= 0.6 is 0 Å². The molecule has 3 aromatic rings. The third-order valence-electron chi connectivity index (χ3n) is 4.85. The Hall–Kier alpha value is -2.96. The second-order valence-corrected chi connectivity index (χ2v) is 7.09. The zero-order valence-electron chi connectivity index (χ0n) is 15.9. The molecular formula is C22H22N2O4. The lowest BCUT2D eigenvalue weighted by molar-refractivity contribution is -0.136. The van der Waals surface area contributed by atoms with Crippen LogP contribution in [0.3, 0.4) is 0 Å². The maximum Gasteiger partial charge on any atom is 0.307 e. The van der Waals surface area contributed by atoms with Crippen LogP contribution in [-0.4, -0.2) is 27.7 Å². The first-order valence-electron chi connectivity index (χ1n) is 9.23. The Bertz CT molecular complexity index is 977. The van der Waals surface area contributed by atoms with Gasteiger partial charge in [0.15, 0.2) is 0 Å². The van der Waals surface area contributed by atoms with Crippen LogP contribution in [0, 0.1) is 13.8 Å². The lowest BCUT2D eigenvalue weighted by Crippen LogP contribution is -2.03. The number of oxazole rings is 1. The molecule has 144 valence electrons. The number of carboxylic acids is 1. The summed E-state index contributed by atoms with van der Waals surface area (Å²) in [5.74, 6) is 0.539. The van der Waals surface area contributed by atoms with Crippen molar-refractivity contribution in [3.05, 3.63) is 76.7 Å². The fourth-order valence-electron chi connectivity index (χ4n) is 3.10. The Morgan fingerprint density at radius 3 is 2.57 bits per heavy atom. The molecule has 1 aromatic heterocycles. The number of hydrogen-bond acceptors (Lipinski definition) is 5. The summed E-state index contributed by atoms with van der Waals surface area (Å²) >= 11 is 0. The van der Waals surface area contributed by atoms with Crippen molar-refractivity contribution >= 4 is 5.97 Å². The number of rotatable bonds is 7. The second-order valence-electron chi connectivity index (χ2n) is 7.09. The van der Waals surface area contributed by atoms with E-state index in [1.807, 2.05) is 67.4 Å². The molecular weight excluding hydrogens is 356 g/mol. The molecule has 0 spiro atoms. The highest BCUT2D eigenvalue weighted by Crippen LogP contribution is 2.35. The minimum absolute atomic E-state index is 0.0416. The summed E-state index contributed by atoms with van der Waals surface area (Å²) in [6.07, 6.45) is 0.0416. The first-order chi connectivity index (χ1) is 13.5. The van der Waals surface area contributed by atoms with Crippen LogP contribution in [0.2, 0.25) is 0 Å². The van der Waals surface area contributed by atoms with Gasteiger partial charge in [-0.15, -0.1) is 0 Å². The molecule has 0 amide bonds. The van der Waals surface area contributed by atoms with Gasteiger partial charge in [-0.2, -0.15) is 5.06 Å². The molecule has 0 aliphatic carbocycles. The Labute approximate surface area is 163 Å². The SMILES string of the molecule is Cc1ccc(-c2nc(CON3CC3c3ccc(CC(=O)O)cc3)c(C)o2)cc1. The zero-order chi connectivity index (χ0) is 19.7. The third kappa shape index (κ3) is 4.13. The lowest BCUT2D eigenvalue weighted by Gasteiger charge is -2.05. The molecule has 0 saturated carbocycles. The minimum Gasteiger partial charge on any atom is -0.481 e. The van der Waals surface area contributed by atoms with Gasteiger partial charge in [-0.25, -0.2) is 4.98 Å². The van der Waals surface area contributed by atoms with Crippen LogP contribution in [0.1, 0.15) is 34.2 Å². The van der Waals surface area contributed by atoms with Gasteiger partial charge in [-0.1, -0.05) is 42.0 Å². The van der Waals surface area contributed by atoms with Gasteiger partial charge in [-0.05, 0) is 37.1 Å². The van der Waals surface area contributed by atoms with E-state index in [4.69, 9.17) is 14.4 Å². The number of hydroxylamine groups is 2. The van der Waals surface area contributed by atoms with Gasteiger partial charge < -0.3 is 9.52 Å². The van der Waals surface area contributed by atoms with E-state index in [1.165, 1.54) is 5.56 Å². The third-order valence-corrected chi connectivity index (χ3v) is 4.85. The van der Waals surface area contributed by atoms with E-state index in [1.54, 1.807) is 0 Å². The highest BCUT2D eigenvalue weighted by molar-refractivity contribution is 5.70. The van der Waals surface area contributed by atoms with Gasteiger partial charge in [0, 0.05) is 12.1 Å². The molecule has 1 aliphatic heterocycles. The topological polar surface area (TPSA) is 75.6 Å². The molecule has 4 rings (SSSR count). The lowest BCUT2D eigenvalue weighted by atomic mass is 10.1. The van der Waals surface area contributed by atoms with Crippen LogP contribution in [-0.2, 0) is 22.7 Å². The van der Waals surface area contributed by atoms with Gasteiger partial charge in [-0.3, -0.25) is 9.63 Å². The Balaban J connectivity index is 1.34. The second kappa shape index (κ2) is 7.58. The molecule has 2 heterocycles. The summed E-state index contributed by atoms with van der Waals surface area (Å²) in [6.45, 7) is 5.10. The summed E-state index contributed by atoms with van der Waals surface area (Å²) in [5.41, 5.74) is 4.85. The fourth-order valence-corrected chi connectivity index (χ4v) is 3.10. The average Bonchev–Trinajstić information content (AvgIpc) is 3.35. The van der Waals surface area contributed by atoms with Crippen LogP contribution in [0.4, 0.5) is 0 Å². The summed E-state index contributed by atoms with van der Waals surface area (Å²) in [5, 5.41) is 10.7. The summed E-state index contributed by atoms with van der Waals surface area (Å²) in [7, 11) is 0. The van der Waals surface area contributed by atoms with Gasteiger partial charge in [0.25, 0.3) is 0 Å². The molecule has 2 aromatic carbocycles. The predicted octanol–water partition coefficient (Wildman–Crippen LogP) is 4.07. The molecule has 1 fully saturated rings. The zero-order valence-corrected chi connectivity index (χ0v) is 15.9. The molecule has 1 saturated heterocycles. The minimum atomic E-state index is -0.822. The van der Waals surface area contributed by atoms with Gasteiger partial charge in [0.05, 0.1) is 12.5 Å². The molecule has 2 atom stereocenters. The largest absolute Gasteiger partial charge is 0.481 e. The highest BCUT2D eigenvalue weighted by Gasteiger charge is 2.37. The Morgan fingerprint density at radius 1 is 1.18 bits per heavy atom. The fraction of sp³-hybridized carbons (Fsp3) is 0.273. The molecule has 0 bridgehead atoms. The number of aromatic nitrogens is 1. The van der Waals surface area contributed by atoms with Crippen LogP contribution in [0.25, 0.3) is 11.5 Å². The van der Waals surface area contributed by atoms with Crippen LogP contribution in [0.5, 0.6) is 0 Å². The smallest absolute Gasteiger partial charge is 0.307 e. The number of benzene rings is 2. The average molecular weight is 378 g/mol. The van der Waals surface area contributed by atoms with E-state index in [9.17, 15) is 4.79 Å². The van der Waals surface area contributed by atoms with Crippen molar-refractivity contribution < 1.29 is 19.2 Å². The number of hydrogen-bond donors (Lipinski definition) is 1. The van der Waals surface area contributed by atoms with E-state index in [0.29, 0.717) is 12.5 Å². The summed E-state index contributed by atoms with van der Waals surface area (Å²) in [4.78, 5) is 21.2. The molecule has 2 unspecified atom stereocenters. The number of carbonyl (C=O) groups is 1. The standard InChI is InChI=1S/C22H22N2O4/c1-14-3-7-18(8-4-14)22-23-19(15(2)28-22)13-27-24-12-20(24)17-9-5-16(6-10-17)11-21(25)26/h3-10,20H,11-13H2,1-2H3,(H,25,26). The van der Waals surface area contributed by atoms with E-state index in [0.717, 1.165) is 34.7 Å². The maximum atomic E-state index is 10.8. The normalized spacial score (nSPS) is 18.2. The van der Waals surface area contributed by atoms with Crippen LogP contribution < -0.4 is 0 Å². The van der Waals surface area contributed by atoms with E-state index < -0.39 is 5.97 Å². The Kier molecular flexibility index (Phi) is 4.98. The first kappa shape index (κ1) is 18.4. The molecule has 6 nitrogen and oxygen atoms in total. The van der Waals surface area contributed by atoms with Crippen molar-refractivity contribution in [2.75, 3.05) is 6.54 Å². The van der Waals surface area contributed by atoms with Gasteiger partial charge >= 0.3 is 5.97 Å². The van der Waals surface area contributed by atoms with Gasteiger partial charge in [0.1, 0.15) is 18.1 Å². The highest BCUT2D eigenvalue weighted by atomic mass is 16.7. The van der Waals surface area contributed by atoms with E-state index in [-0.39, 0.29) is 12.5 Å². The van der Waals surface area contributed by atoms with Crippen molar-refractivity contribution in [2.45, 2.75) is 32.9 Å². The van der Waals surface area contributed by atoms with Crippen molar-refractivity contribution in [3.8, 4) is 11.5 Å². The number of nitrogens with zero attached hydrogens (tertiary/aromatic N) is 2. The first-order valence-corrected chi connectivity index (χ1v) is 9.23. The predicted molar refractivity (Wildman–Crippen MR) is 103 cm³/mol. The molecule has 0 radical (unpaired) electrons. The number of aryl methyl sites for hydroxylation is 2. The molecule has 1 N–H and O–H groups in total.